The molecule has 5 atom stereocenters. The zero-order valence-electron chi connectivity index (χ0n) is 23.9. The topological polar surface area (TPSA) is 62.2 Å². The molecule has 2 aromatic rings. The smallest absolute Gasteiger partial charge is 0.299 e. The summed E-state index contributed by atoms with van der Waals surface area (Å²) < 4.78 is 12.7. The van der Waals surface area contributed by atoms with Gasteiger partial charge in [0.1, 0.15) is 11.9 Å². The lowest BCUT2D eigenvalue weighted by Gasteiger charge is -2.60. The first-order valence-corrected chi connectivity index (χ1v) is 15.1. The summed E-state index contributed by atoms with van der Waals surface area (Å²) in [7, 11) is 1.65. The van der Waals surface area contributed by atoms with Gasteiger partial charge in [0.2, 0.25) is 0 Å². The highest BCUT2D eigenvalue weighted by Crippen LogP contribution is 2.65. The van der Waals surface area contributed by atoms with Crippen LogP contribution in [0.25, 0.3) is 0 Å². The number of piperidine rings is 1. The van der Waals surface area contributed by atoms with Gasteiger partial charge in [0.05, 0.1) is 13.2 Å². The molecule has 1 spiro atoms. The van der Waals surface area contributed by atoms with Crippen LogP contribution in [-0.4, -0.2) is 65.7 Å². The normalized spacial score (nSPS) is 29.7. The summed E-state index contributed by atoms with van der Waals surface area (Å²) in [5, 5.41) is 11.3. The van der Waals surface area contributed by atoms with Crippen LogP contribution in [0.2, 0.25) is 0 Å². The molecule has 2 bridgehead atoms. The number of hydrogen-bond donors (Lipinski definition) is 1. The van der Waals surface area contributed by atoms with E-state index in [1.165, 1.54) is 24.9 Å². The molecule has 0 aromatic heterocycles. The van der Waals surface area contributed by atoms with Gasteiger partial charge in [0.25, 0.3) is 5.91 Å². The van der Waals surface area contributed by atoms with Crippen molar-refractivity contribution in [2.24, 2.45) is 17.8 Å². The molecule has 0 radical (unpaired) electrons. The summed E-state index contributed by atoms with van der Waals surface area (Å²) in [6.07, 6.45) is 6.28. The number of hydrogen-bond acceptors (Lipinski definition) is 5. The van der Waals surface area contributed by atoms with E-state index in [-0.39, 0.29) is 23.5 Å². The van der Waals surface area contributed by atoms with Gasteiger partial charge in [-0.25, -0.2) is 0 Å². The van der Waals surface area contributed by atoms with Crippen molar-refractivity contribution >= 4 is 5.91 Å². The lowest BCUT2D eigenvalue weighted by atomic mass is 9.50. The monoisotopic (exact) mass is 540 g/mol. The van der Waals surface area contributed by atoms with Crippen LogP contribution in [0.5, 0.6) is 17.2 Å². The summed E-state index contributed by atoms with van der Waals surface area (Å²) in [6, 6.07) is 11.8. The van der Waals surface area contributed by atoms with E-state index in [4.69, 9.17) is 9.47 Å². The number of ether oxygens (including phenoxy) is 2. The predicted octanol–water partition coefficient (Wildman–Crippen LogP) is 4.75. The molecule has 2 aliphatic heterocycles. The van der Waals surface area contributed by atoms with E-state index in [0.717, 1.165) is 55.0 Å². The van der Waals surface area contributed by atoms with Gasteiger partial charge >= 0.3 is 0 Å². The number of rotatable bonds is 6. The largest absolute Gasteiger partial charge is 0.508 e. The fraction of sp³-hybridized carbons (Fsp3) is 0.559. The lowest BCUT2D eigenvalue weighted by Crippen LogP contribution is -2.69. The van der Waals surface area contributed by atoms with Crippen molar-refractivity contribution in [2.75, 3.05) is 26.7 Å². The van der Waals surface area contributed by atoms with Crippen LogP contribution in [0.15, 0.2) is 36.4 Å². The van der Waals surface area contributed by atoms with Gasteiger partial charge in [0.15, 0.2) is 11.5 Å². The number of methoxy groups -OCH3 is 1. The first kappa shape index (κ1) is 25.8. The van der Waals surface area contributed by atoms with Gasteiger partial charge in [-0.15, -0.1) is 0 Å². The summed E-state index contributed by atoms with van der Waals surface area (Å²) >= 11 is 0. The van der Waals surface area contributed by atoms with E-state index < -0.39 is 0 Å². The Bertz CT molecular complexity index is 1370. The quantitative estimate of drug-likeness (QED) is 0.536. The number of carbonyl (C=O) groups excluding carboxylic acids is 1. The minimum Gasteiger partial charge on any atom is -0.508 e. The zero-order valence-corrected chi connectivity index (χ0v) is 23.9. The molecular formula is C34H40N2O4. The zero-order chi connectivity index (χ0) is 27.6. The van der Waals surface area contributed by atoms with Crippen LogP contribution in [0.4, 0.5) is 0 Å². The molecule has 1 saturated heterocycles. The van der Waals surface area contributed by atoms with Crippen LogP contribution in [-0.2, 0) is 16.6 Å². The number of likely N-dealkylation sites (tertiary alicyclic amines) is 1. The molecule has 6 heteroatoms. The first-order valence-electron chi connectivity index (χ1n) is 15.1. The maximum absolute atomic E-state index is 13.8. The highest BCUT2D eigenvalue weighted by Gasteiger charge is 2.67. The predicted molar refractivity (Wildman–Crippen MR) is 154 cm³/mol. The molecule has 40 heavy (non-hydrogen) atoms. The van der Waals surface area contributed by atoms with E-state index in [2.05, 4.69) is 30.6 Å². The molecule has 3 fully saturated rings. The third-order valence-corrected chi connectivity index (χ3v) is 10.2. The highest BCUT2D eigenvalue weighted by molar-refractivity contribution is 5.94. The van der Waals surface area contributed by atoms with Crippen molar-refractivity contribution < 1.29 is 19.4 Å². The van der Waals surface area contributed by atoms with Gasteiger partial charge in [-0.05, 0) is 75.0 Å². The van der Waals surface area contributed by atoms with Gasteiger partial charge in [-0.3, -0.25) is 9.69 Å². The molecule has 2 saturated carbocycles. The minimum atomic E-state index is -0.231. The van der Waals surface area contributed by atoms with E-state index in [1.54, 1.807) is 13.2 Å². The standard InChI is InChI=1S/C34H40N2O4/c1-21(2)19-36(30(38)14-11-22-7-5-4-6-8-22)26-13-12-25-27-17-24-28(37)18-29(39-3)32-31(24)34(25,33(26)40-32)15-16-35(27)20-23-9-10-23/h4-8,18,21,23,25-27,33,37H,9-10,12-13,15-17,19-20H2,1-3H3/t25-,26-,27+,33-,34-/m0/s1. The van der Waals surface area contributed by atoms with Crippen LogP contribution >= 0.6 is 0 Å². The van der Waals surface area contributed by atoms with E-state index in [1.807, 2.05) is 35.2 Å². The fourth-order valence-electron chi connectivity index (χ4n) is 8.46. The van der Waals surface area contributed by atoms with E-state index >= 15 is 0 Å². The summed E-state index contributed by atoms with van der Waals surface area (Å²) in [6.45, 7) is 7.15. The van der Waals surface area contributed by atoms with Crippen LogP contribution in [0, 0.1) is 29.6 Å². The Morgan fingerprint density at radius 3 is 2.75 bits per heavy atom. The number of benzene rings is 2. The number of aromatic hydroxyl groups is 1. The van der Waals surface area contributed by atoms with Crippen LogP contribution in [0.1, 0.15) is 62.6 Å². The fourth-order valence-corrected chi connectivity index (χ4v) is 8.46. The Morgan fingerprint density at radius 1 is 1.23 bits per heavy atom. The molecule has 1 N–H and O–H groups in total. The van der Waals surface area contributed by atoms with E-state index in [9.17, 15) is 9.90 Å². The Kier molecular flexibility index (Phi) is 6.27. The Morgan fingerprint density at radius 2 is 2.02 bits per heavy atom. The molecule has 6 nitrogen and oxygen atoms in total. The molecule has 5 aliphatic rings. The third kappa shape index (κ3) is 4.00. The van der Waals surface area contributed by atoms with Crippen molar-refractivity contribution in [1.82, 2.24) is 9.80 Å². The van der Waals surface area contributed by atoms with Crippen LogP contribution in [0.3, 0.4) is 0 Å². The molecular weight excluding hydrogens is 500 g/mol. The van der Waals surface area contributed by atoms with Crippen molar-refractivity contribution in [3.8, 4) is 29.1 Å². The molecule has 7 rings (SSSR count). The van der Waals surface area contributed by atoms with Crippen molar-refractivity contribution in [1.29, 1.82) is 0 Å². The Balaban J connectivity index is 1.30. The maximum Gasteiger partial charge on any atom is 0.299 e. The molecule has 210 valence electrons. The van der Waals surface area contributed by atoms with Crippen molar-refractivity contribution in [3.05, 3.63) is 53.1 Å². The summed E-state index contributed by atoms with van der Waals surface area (Å²) in [4.78, 5) is 18.6. The molecule has 2 heterocycles. The molecule has 1 amide bonds. The SMILES string of the molecule is COc1cc(O)c2c3c1O[C@H]1[C@@H](N(CC(C)C)C(=O)C#Cc4ccccc4)CC[C@H]4[C@@H](C2)N(CC2CC2)CC[C@@]341. The highest BCUT2D eigenvalue weighted by atomic mass is 16.5. The molecule has 2 aromatic carbocycles. The second-order valence-electron chi connectivity index (χ2n) is 13.0. The van der Waals surface area contributed by atoms with Crippen molar-refractivity contribution in [3.63, 3.8) is 0 Å². The summed E-state index contributed by atoms with van der Waals surface area (Å²) in [5.41, 5.74) is 2.81. The second-order valence-corrected chi connectivity index (χ2v) is 13.0. The number of phenols is 1. The molecule has 0 unspecified atom stereocenters. The Hall–Kier alpha value is -3.17. The third-order valence-electron chi connectivity index (χ3n) is 10.2. The number of amides is 1. The average molecular weight is 541 g/mol. The van der Waals surface area contributed by atoms with Gasteiger partial charge in [-0.2, -0.15) is 0 Å². The van der Waals surface area contributed by atoms with Gasteiger partial charge in [-0.1, -0.05) is 38.0 Å². The van der Waals surface area contributed by atoms with Crippen LogP contribution < -0.4 is 9.47 Å². The van der Waals surface area contributed by atoms with Gasteiger partial charge < -0.3 is 19.5 Å². The number of phenolic OH excluding ortho intramolecular Hbond substituents is 1. The Labute approximate surface area is 237 Å². The number of carbonyl (C=O) groups is 1. The van der Waals surface area contributed by atoms with Crippen molar-refractivity contribution in [2.45, 2.75) is 76.0 Å². The number of nitrogens with zero attached hydrogens (tertiary/aromatic N) is 2. The van der Waals surface area contributed by atoms with Gasteiger partial charge in [0, 0.05) is 53.2 Å². The first-order chi connectivity index (χ1) is 19.4. The molecule has 3 aliphatic carbocycles. The minimum absolute atomic E-state index is 0.0861. The van der Waals surface area contributed by atoms with E-state index in [0.29, 0.717) is 35.9 Å². The lowest BCUT2D eigenvalue weighted by molar-refractivity contribution is -0.137. The average Bonchev–Trinajstić information content (AvgIpc) is 3.71. The second kappa shape index (κ2) is 9.73. The summed E-state index contributed by atoms with van der Waals surface area (Å²) in [5.74, 6) is 9.21. The maximum atomic E-state index is 13.8.